The minimum Gasteiger partial charge on any atom is -0.355 e. The molecule has 2 aromatic rings. The number of likely N-dealkylation sites (tertiary alicyclic amines) is 1. The van der Waals surface area contributed by atoms with Gasteiger partial charge in [0.25, 0.3) is 11.7 Å². The molecule has 2 aliphatic rings. The topological polar surface area (TPSA) is 32.3 Å². The summed E-state index contributed by atoms with van der Waals surface area (Å²) >= 11 is 0.525. The van der Waals surface area contributed by atoms with Crippen LogP contribution in [0.4, 0.5) is 20.2 Å². The molecule has 1 N–H and O–H groups in total. The number of benzene rings is 2. The molecule has 160 valence electrons. The van der Waals surface area contributed by atoms with Crippen LogP contribution in [0.15, 0.2) is 53.4 Å². The summed E-state index contributed by atoms with van der Waals surface area (Å²) in [7, 11) is 0. The first-order chi connectivity index (χ1) is 14.1. The fourth-order valence-corrected chi connectivity index (χ4v) is 6.00. The van der Waals surface area contributed by atoms with E-state index in [0.717, 1.165) is 37.2 Å². The Morgan fingerprint density at radius 2 is 1.80 bits per heavy atom. The third-order valence-electron chi connectivity index (χ3n) is 6.19. The van der Waals surface area contributed by atoms with E-state index in [1.807, 2.05) is 24.3 Å². The van der Waals surface area contributed by atoms with Crippen molar-refractivity contribution in [2.24, 2.45) is 10.8 Å². The molecule has 1 heterocycles. The Balaban J connectivity index is 1.54. The lowest BCUT2D eigenvalue weighted by Crippen LogP contribution is -2.37. The highest BCUT2D eigenvalue weighted by molar-refractivity contribution is 7.99. The van der Waals surface area contributed by atoms with Crippen molar-refractivity contribution in [3.63, 3.8) is 0 Å². The van der Waals surface area contributed by atoms with E-state index >= 15 is 0 Å². The Hall–Kier alpha value is -2.08. The number of amides is 1. The number of halogens is 2. The summed E-state index contributed by atoms with van der Waals surface area (Å²) in [6.07, 6.45) is 3.25. The molecule has 1 aliphatic heterocycles. The fraction of sp³-hybridized carbons (Fsp3) is 0.458. The second kappa shape index (κ2) is 7.88. The summed E-state index contributed by atoms with van der Waals surface area (Å²) in [4.78, 5) is 16.1. The number of nitrogens with one attached hydrogen (secondary N) is 1. The van der Waals surface area contributed by atoms with Crippen molar-refractivity contribution in [1.82, 2.24) is 4.90 Å². The lowest BCUT2D eigenvalue weighted by Gasteiger charge is -2.39. The number of carbonyl (C=O) groups excluding carboxylic acids is 1. The van der Waals surface area contributed by atoms with Gasteiger partial charge in [0.05, 0.1) is 11.3 Å². The van der Waals surface area contributed by atoms with E-state index in [9.17, 15) is 13.6 Å². The predicted molar refractivity (Wildman–Crippen MR) is 119 cm³/mol. The molecular weight excluding hydrogens is 402 g/mol. The minimum absolute atomic E-state index is 0.0643. The number of fused-ring (bicyclic) bond motifs is 2. The van der Waals surface area contributed by atoms with Crippen molar-refractivity contribution in [3.8, 4) is 0 Å². The average molecular weight is 431 g/mol. The van der Waals surface area contributed by atoms with Crippen LogP contribution in [0.3, 0.4) is 0 Å². The molecule has 1 saturated carbocycles. The Morgan fingerprint density at radius 3 is 2.50 bits per heavy atom. The van der Waals surface area contributed by atoms with E-state index in [0.29, 0.717) is 22.2 Å². The van der Waals surface area contributed by atoms with Gasteiger partial charge in [0.15, 0.2) is 0 Å². The third kappa shape index (κ3) is 4.48. The molecule has 4 rings (SSSR count). The molecular formula is C24H28F2N2OS. The van der Waals surface area contributed by atoms with Crippen LogP contribution in [0, 0.1) is 10.8 Å². The first-order valence-corrected chi connectivity index (χ1v) is 11.2. The van der Waals surface area contributed by atoms with Gasteiger partial charge in [0, 0.05) is 23.2 Å². The Morgan fingerprint density at radius 1 is 1.10 bits per heavy atom. The number of alkyl halides is 2. The summed E-state index contributed by atoms with van der Waals surface area (Å²) in [6.45, 7) is 7.71. The summed E-state index contributed by atoms with van der Waals surface area (Å²) < 4.78 is 25.1. The van der Waals surface area contributed by atoms with E-state index in [4.69, 9.17) is 0 Å². The number of hydrogen-bond donors (Lipinski definition) is 1. The van der Waals surface area contributed by atoms with Crippen LogP contribution in [0.2, 0.25) is 0 Å². The van der Waals surface area contributed by atoms with E-state index in [1.165, 1.54) is 0 Å². The van der Waals surface area contributed by atoms with Gasteiger partial charge < -0.3 is 10.2 Å². The molecule has 1 aliphatic carbocycles. The molecule has 0 aromatic heterocycles. The van der Waals surface area contributed by atoms with Gasteiger partial charge in [-0.1, -0.05) is 44.7 Å². The highest BCUT2D eigenvalue weighted by Crippen LogP contribution is 2.52. The summed E-state index contributed by atoms with van der Waals surface area (Å²) in [5, 5.41) is 3.30. The average Bonchev–Trinajstić information content (AvgIpc) is 2.91. The van der Waals surface area contributed by atoms with Crippen molar-refractivity contribution in [3.05, 3.63) is 54.1 Å². The van der Waals surface area contributed by atoms with Crippen LogP contribution in [0.25, 0.3) is 0 Å². The monoisotopic (exact) mass is 430 g/mol. The molecule has 1 amide bonds. The van der Waals surface area contributed by atoms with Gasteiger partial charge in [-0.05, 0) is 66.5 Å². The van der Waals surface area contributed by atoms with Gasteiger partial charge >= 0.3 is 0 Å². The van der Waals surface area contributed by atoms with Crippen molar-refractivity contribution in [1.29, 1.82) is 0 Å². The van der Waals surface area contributed by atoms with E-state index in [-0.39, 0.29) is 22.8 Å². The van der Waals surface area contributed by atoms with Crippen molar-refractivity contribution in [2.45, 2.75) is 56.7 Å². The van der Waals surface area contributed by atoms with Crippen LogP contribution in [-0.4, -0.2) is 29.2 Å². The van der Waals surface area contributed by atoms with E-state index in [2.05, 4.69) is 31.0 Å². The van der Waals surface area contributed by atoms with Gasteiger partial charge in [-0.2, -0.15) is 8.78 Å². The lowest BCUT2D eigenvalue weighted by molar-refractivity contribution is 0.0709. The standard InChI is InChI=1S/C24H28F2N2OS/c1-23(2)12-17-13-24(3,14-23)15-28(17)21(29)19-6-4-5-7-20(19)27-16-8-10-18(11-9-16)30-22(25)26/h4-11,17,22,27H,12-15H2,1-3H3/t17-,24+/m1/s1. The van der Waals surface area contributed by atoms with Crippen molar-refractivity contribution < 1.29 is 13.6 Å². The van der Waals surface area contributed by atoms with Gasteiger partial charge in [-0.15, -0.1) is 0 Å². The molecule has 2 atom stereocenters. The molecule has 0 radical (unpaired) electrons. The zero-order valence-corrected chi connectivity index (χ0v) is 18.4. The molecule has 6 heteroatoms. The normalized spacial score (nSPS) is 24.9. The Kier molecular flexibility index (Phi) is 5.56. The fourth-order valence-electron chi connectivity index (χ4n) is 5.51. The van der Waals surface area contributed by atoms with Crippen LogP contribution in [0.5, 0.6) is 0 Å². The number of nitrogens with zero attached hydrogens (tertiary/aromatic N) is 1. The molecule has 2 aromatic carbocycles. The third-order valence-corrected chi connectivity index (χ3v) is 6.91. The maximum absolute atomic E-state index is 13.5. The van der Waals surface area contributed by atoms with Crippen LogP contribution in [0.1, 0.15) is 50.4 Å². The second-order valence-electron chi connectivity index (χ2n) is 9.72. The zero-order chi connectivity index (χ0) is 21.5. The second-order valence-corrected chi connectivity index (χ2v) is 10.8. The van der Waals surface area contributed by atoms with Crippen LogP contribution >= 0.6 is 11.8 Å². The van der Waals surface area contributed by atoms with Gasteiger partial charge in [0.2, 0.25) is 0 Å². The van der Waals surface area contributed by atoms with Crippen LogP contribution < -0.4 is 5.32 Å². The molecule has 30 heavy (non-hydrogen) atoms. The van der Waals surface area contributed by atoms with E-state index in [1.54, 1.807) is 24.3 Å². The van der Waals surface area contributed by atoms with Gasteiger partial charge in [0.1, 0.15) is 0 Å². The quantitative estimate of drug-likeness (QED) is 0.530. The summed E-state index contributed by atoms with van der Waals surface area (Å²) in [5.41, 5.74) is 2.59. The van der Waals surface area contributed by atoms with Gasteiger partial charge in [-0.3, -0.25) is 4.79 Å². The number of carbonyl (C=O) groups is 1. The minimum atomic E-state index is -2.44. The maximum Gasteiger partial charge on any atom is 0.288 e. The number of para-hydroxylation sites is 1. The summed E-state index contributed by atoms with van der Waals surface area (Å²) in [5.74, 6) is -2.37. The van der Waals surface area contributed by atoms with Crippen molar-refractivity contribution in [2.75, 3.05) is 11.9 Å². The van der Waals surface area contributed by atoms with Gasteiger partial charge in [-0.25, -0.2) is 0 Å². The molecule has 2 fully saturated rings. The first kappa shape index (κ1) is 21.2. The first-order valence-electron chi connectivity index (χ1n) is 10.4. The largest absolute Gasteiger partial charge is 0.355 e. The van der Waals surface area contributed by atoms with Crippen LogP contribution in [-0.2, 0) is 0 Å². The molecule has 2 bridgehead atoms. The van der Waals surface area contributed by atoms with E-state index < -0.39 is 5.76 Å². The Labute approximate surface area is 181 Å². The SMILES string of the molecule is CC1(C)C[C@@H]2C[C@](C)(CN2C(=O)c2ccccc2Nc2ccc(SC(F)F)cc2)C1. The number of thioether (sulfide) groups is 1. The molecule has 1 saturated heterocycles. The highest BCUT2D eigenvalue weighted by Gasteiger charge is 2.51. The Bertz CT molecular complexity index is 931. The highest BCUT2D eigenvalue weighted by atomic mass is 32.2. The molecule has 0 unspecified atom stereocenters. The predicted octanol–water partition coefficient (Wildman–Crippen LogP) is 6.79. The number of hydrogen-bond acceptors (Lipinski definition) is 3. The molecule has 3 nitrogen and oxygen atoms in total. The number of anilines is 2. The zero-order valence-electron chi connectivity index (χ0n) is 17.6. The molecule has 0 spiro atoms. The number of rotatable bonds is 5. The lowest BCUT2D eigenvalue weighted by atomic mass is 9.65. The summed E-state index contributed by atoms with van der Waals surface area (Å²) in [6, 6.07) is 14.7. The smallest absolute Gasteiger partial charge is 0.288 e. The van der Waals surface area contributed by atoms with Crippen molar-refractivity contribution >= 4 is 29.0 Å². The maximum atomic E-state index is 13.5.